The average molecular weight is 206 g/mol. The van der Waals surface area contributed by atoms with Crippen molar-refractivity contribution in [1.82, 2.24) is 4.98 Å². The summed E-state index contributed by atoms with van der Waals surface area (Å²) in [6.07, 6.45) is 3.63. The van der Waals surface area contributed by atoms with E-state index in [9.17, 15) is 0 Å². The van der Waals surface area contributed by atoms with Gasteiger partial charge in [-0.15, -0.1) is 0 Å². The molecule has 0 fully saturated rings. The lowest BCUT2D eigenvalue weighted by Gasteiger charge is -2.18. The predicted molar refractivity (Wildman–Crippen MR) is 62.5 cm³/mol. The van der Waals surface area contributed by atoms with E-state index < -0.39 is 0 Å². The minimum atomic E-state index is 0.143. The molecule has 82 valence electrons. The van der Waals surface area contributed by atoms with Crippen LogP contribution in [-0.2, 0) is 0 Å². The van der Waals surface area contributed by atoms with Gasteiger partial charge in [-0.3, -0.25) is 9.98 Å². The number of nitrogens with zero attached hydrogens (tertiary/aromatic N) is 2. The fourth-order valence-electron chi connectivity index (χ4n) is 1.50. The fourth-order valence-corrected chi connectivity index (χ4v) is 1.50. The van der Waals surface area contributed by atoms with Crippen LogP contribution in [0.3, 0.4) is 0 Å². The van der Waals surface area contributed by atoms with Gasteiger partial charge in [-0.2, -0.15) is 0 Å². The normalized spacial score (nSPS) is 12.5. The number of nitrogens with two attached hydrogens (primary N) is 2. The van der Waals surface area contributed by atoms with Crippen LogP contribution in [-0.4, -0.2) is 17.5 Å². The zero-order chi connectivity index (χ0) is 11.3. The van der Waals surface area contributed by atoms with Crippen LogP contribution in [0.2, 0.25) is 0 Å². The zero-order valence-corrected chi connectivity index (χ0v) is 9.22. The summed E-state index contributed by atoms with van der Waals surface area (Å²) in [5.41, 5.74) is 11.8. The monoisotopic (exact) mass is 206 g/mol. The van der Waals surface area contributed by atoms with Crippen molar-refractivity contribution in [2.24, 2.45) is 22.4 Å². The quantitative estimate of drug-likeness (QED) is 0.572. The van der Waals surface area contributed by atoms with Gasteiger partial charge >= 0.3 is 0 Å². The Morgan fingerprint density at radius 2 is 2.20 bits per heavy atom. The molecule has 15 heavy (non-hydrogen) atoms. The molecule has 0 aliphatic rings. The topological polar surface area (TPSA) is 77.3 Å². The summed E-state index contributed by atoms with van der Waals surface area (Å²) < 4.78 is 0. The maximum absolute atomic E-state index is 5.33. The third-order valence-electron chi connectivity index (χ3n) is 2.39. The molecule has 0 spiro atoms. The van der Waals surface area contributed by atoms with Crippen molar-refractivity contribution < 1.29 is 0 Å². The largest absolute Gasteiger partial charge is 0.370 e. The number of rotatable bonds is 4. The summed E-state index contributed by atoms with van der Waals surface area (Å²) in [7, 11) is 0. The van der Waals surface area contributed by atoms with Crippen LogP contribution in [0.4, 0.5) is 0 Å². The zero-order valence-electron chi connectivity index (χ0n) is 9.22. The molecule has 0 aliphatic heterocycles. The average Bonchev–Trinajstić information content (AvgIpc) is 2.18. The Morgan fingerprint density at radius 1 is 1.47 bits per heavy atom. The van der Waals surface area contributed by atoms with Gasteiger partial charge in [0.05, 0.1) is 0 Å². The molecule has 0 aromatic carbocycles. The van der Waals surface area contributed by atoms with Gasteiger partial charge < -0.3 is 11.5 Å². The maximum Gasteiger partial charge on any atom is 0.185 e. The molecule has 0 radical (unpaired) electrons. The van der Waals surface area contributed by atoms with E-state index in [-0.39, 0.29) is 5.96 Å². The molecule has 1 heterocycles. The lowest BCUT2D eigenvalue weighted by molar-refractivity contribution is 0.505. The van der Waals surface area contributed by atoms with Gasteiger partial charge in [0.25, 0.3) is 0 Å². The highest BCUT2D eigenvalue weighted by molar-refractivity contribution is 5.75. The Morgan fingerprint density at radius 3 is 2.67 bits per heavy atom. The van der Waals surface area contributed by atoms with E-state index in [4.69, 9.17) is 11.5 Å². The fraction of sp³-hybridized carbons (Fsp3) is 0.455. The van der Waals surface area contributed by atoms with Gasteiger partial charge in [0.15, 0.2) is 5.96 Å². The second kappa shape index (κ2) is 5.34. The molecule has 4 nitrogen and oxygen atoms in total. The van der Waals surface area contributed by atoms with Crippen molar-refractivity contribution in [1.29, 1.82) is 0 Å². The minimum Gasteiger partial charge on any atom is -0.370 e. The maximum atomic E-state index is 5.33. The van der Waals surface area contributed by atoms with Crippen LogP contribution < -0.4 is 11.5 Å². The first-order chi connectivity index (χ1) is 7.11. The van der Waals surface area contributed by atoms with E-state index in [0.29, 0.717) is 18.4 Å². The van der Waals surface area contributed by atoms with Crippen LogP contribution in [0.5, 0.6) is 0 Å². The smallest absolute Gasteiger partial charge is 0.185 e. The van der Waals surface area contributed by atoms with Crippen LogP contribution >= 0.6 is 0 Å². The Bertz CT molecular complexity index is 315. The SMILES string of the molecule is CC(C)C(CN=C(N)N)c1cccnc1. The van der Waals surface area contributed by atoms with Crippen LogP contribution in [0.25, 0.3) is 0 Å². The molecule has 1 aromatic rings. The van der Waals surface area contributed by atoms with Gasteiger partial charge in [0, 0.05) is 24.9 Å². The molecule has 1 unspecified atom stereocenters. The number of aliphatic imine (C=N–C) groups is 1. The number of guanidine groups is 1. The van der Waals surface area contributed by atoms with E-state index in [0.717, 1.165) is 0 Å². The second-order valence-electron chi connectivity index (χ2n) is 3.90. The molecule has 0 aliphatic carbocycles. The number of pyridine rings is 1. The third-order valence-corrected chi connectivity index (χ3v) is 2.39. The van der Waals surface area contributed by atoms with Gasteiger partial charge in [-0.05, 0) is 17.5 Å². The Hall–Kier alpha value is -1.58. The standard InChI is InChI=1S/C11H18N4/c1-8(2)10(7-15-11(12)13)9-4-3-5-14-6-9/h3-6,8,10H,7H2,1-2H3,(H4,12,13,15). The van der Waals surface area contributed by atoms with Crippen molar-refractivity contribution in [3.8, 4) is 0 Å². The highest BCUT2D eigenvalue weighted by Crippen LogP contribution is 2.23. The van der Waals surface area contributed by atoms with Crippen molar-refractivity contribution in [2.75, 3.05) is 6.54 Å². The molecule has 0 amide bonds. The molecule has 1 rings (SSSR count). The summed E-state index contributed by atoms with van der Waals surface area (Å²) in [5.74, 6) is 0.947. The first-order valence-corrected chi connectivity index (χ1v) is 5.06. The van der Waals surface area contributed by atoms with Gasteiger partial charge in [-0.1, -0.05) is 19.9 Å². The Balaban J connectivity index is 2.80. The van der Waals surface area contributed by atoms with Gasteiger partial charge in [0.2, 0.25) is 0 Å². The predicted octanol–water partition coefficient (Wildman–Crippen LogP) is 1.09. The second-order valence-corrected chi connectivity index (χ2v) is 3.90. The number of aromatic nitrogens is 1. The van der Waals surface area contributed by atoms with Crippen LogP contribution in [0.15, 0.2) is 29.5 Å². The molecule has 0 saturated carbocycles. The summed E-state index contributed by atoms with van der Waals surface area (Å²) in [5, 5.41) is 0. The highest BCUT2D eigenvalue weighted by atomic mass is 15.0. The van der Waals surface area contributed by atoms with E-state index in [2.05, 4.69) is 29.9 Å². The molecular formula is C11H18N4. The molecule has 0 bridgehead atoms. The molecular weight excluding hydrogens is 188 g/mol. The Kier molecular flexibility index (Phi) is 4.09. The highest BCUT2D eigenvalue weighted by Gasteiger charge is 2.15. The van der Waals surface area contributed by atoms with Crippen LogP contribution in [0, 0.1) is 5.92 Å². The third kappa shape index (κ3) is 3.58. The molecule has 1 aromatic heterocycles. The summed E-state index contributed by atoms with van der Waals surface area (Å²) in [6, 6.07) is 3.99. The first-order valence-electron chi connectivity index (χ1n) is 5.06. The Labute approximate surface area is 90.4 Å². The summed E-state index contributed by atoms with van der Waals surface area (Å²) in [6.45, 7) is 4.92. The minimum absolute atomic E-state index is 0.143. The number of hydrogen-bond donors (Lipinski definition) is 2. The lowest BCUT2D eigenvalue weighted by atomic mass is 9.89. The van der Waals surface area contributed by atoms with Crippen LogP contribution in [0.1, 0.15) is 25.3 Å². The molecule has 4 N–H and O–H groups in total. The molecule has 0 saturated heterocycles. The van der Waals surface area contributed by atoms with Crippen molar-refractivity contribution in [3.63, 3.8) is 0 Å². The van der Waals surface area contributed by atoms with Crippen molar-refractivity contribution >= 4 is 5.96 Å². The van der Waals surface area contributed by atoms with Gasteiger partial charge in [0.1, 0.15) is 0 Å². The van der Waals surface area contributed by atoms with Crippen molar-refractivity contribution in [3.05, 3.63) is 30.1 Å². The van der Waals surface area contributed by atoms with E-state index >= 15 is 0 Å². The summed E-state index contributed by atoms with van der Waals surface area (Å²) >= 11 is 0. The van der Waals surface area contributed by atoms with Crippen molar-refractivity contribution in [2.45, 2.75) is 19.8 Å². The van der Waals surface area contributed by atoms with E-state index in [1.807, 2.05) is 12.3 Å². The van der Waals surface area contributed by atoms with Gasteiger partial charge in [-0.25, -0.2) is 0 Å². The molecule has 1 atom stereocenters. The first kappa shape index (κ1) is 11.5. The lowest BCUT2D eigenvalue weighted by Crippen LogP contribution is -2.24. The molecule has 4 heteroatoms. The van der Waals surface area contributed by atoms with E-state index in [1.54, 1.807) is 6.20 Å². The summed E-state index contributed by atoms with van der Waals surface area (Å²) in [4.78, 5) is 8.17. The number of hydrogen-bond acceptors (Lipinski definition) is 2. The van der Waals surface area contributed by atoms with E-state index in [1.165, 1.54) is 5.56 Å².